The predicted molar refractivity (Wildman–Crippen MR) is 89.8 cm³/mol. The van der Waals surface area contributed by atoms with Crippen LogP contribution in [0.2, 0.25) is 5.02 Å². The number of carbonyl (C=O) groups excluding carboxylic acids is 3. The largest absolute Gasteiger partial charge is 0.482 e. The van der Waals surface area contributed by atoms with Gasteiger partial charge in [-0.2, -0.15) is 5.10 Å². The zero-order valence-electron chi connectivity index (χ0n) is 13.2. The molecule has 0 spiro atoms. The van der Waals surface area contributed by atoms with Gasteiger partial charge in [0.05, 0.1) is 11.2 Å². The number of primary amides is 1. The molecule has 0 aliphatic carbocycles. The topological polar surface area (TPSA) is 123 Å². The van der Waals surface area contributed by atoms with Crippen molar-refractivity contribution in [2.75, 3.05) is 13.2 Å². The number of hydrogen-bond donors (Lipinski definition) is 3. The fourth-order valence-electron chi connectivity index (χ4n) is 1.54. The van der Waals surface area contributed by atoms with E-state index in [1.807, 2.05) is 6.92 Å². The maximum absolute atomic E-state index is 11.5. The molecular weight excluding hydrogens is 336 g/mol. The number of nitrogens with zero attached hydrogens (tertiary/aromatic N) is 1. The summed E-state index contributed by atoms with van der Waals surface area (Å²) in [5.74, 6) is -1.91. The Hall–Kier alpha value is -2.61. The Morgan fingerprint density at radius 2 is 2.08 bits per heavy atom. The number of hydrogen-bond acceptors (Lipinski definition) is 5. The van der Waals surface area contributed by atoms with Crippen LogP contribution in [0.25, 0.3) is 0 Å². The lowest BCUT2D eigenvalue weighted by molar-refractivity contribution is -0.139. The van der Waals surface area contributed by atoms with Gasteiger partial charge >= 0.3 is 11.8 Å². The van der Waals surface area contributed by atoms with Crippen molar-refractivity contribution in [3.63, 3.8) is 0 Å². The van der Waals surface area contributed by atoms with E-state index in [4.69, 9.17) is 22.1 Å². The second-order valence-electron chi connectivity index (χ2n) is 4.75. The molecule has 0 bridgehead atoms. The quantitative estimate of drug-likeness (QED) is 0.273. The van der Waals surface area contributed by atoms with Crippen LogP contribution in [0.15, 0.2) is 23.3 Å². The fraction of sp³-hybridized carbons (Fsp3) is 0.333. The number of ether oxygens (including phenoxy) is 1. The summed E-state index contributed by atoms with van der Waals surface area (Å²) in [6.07, 6.45) is 3.03. The lowest BCUT2D eigenvalue weighted by Crippen LogP contribution is -2.38. The summed E-state index contributed by atoms with van der Waals surface area (Å²) in [6, 6.07) is 4.67. The molecule has 1 rings (SSSR count). The molecule has 0 fully saturated rings. The lowest BCUT2D eigenvalue weighted by atomic mass is 10.2. The van der Waals surface area contributed by atoms with Crippen LogP contribution in [-0.4, -0.2) is 37.1 Å². The summed E-state index contributed by atoms with van der Waals surface area (Å²) in [4.78, 5) is 33.5. The third-order valence-electron chi connectivity index (χ3n) is 2.73. The van der Waals surface area contributed by atoms with Crippen molar-refractivity contribution in [3.8, 4) is 5.75 Å². The monoisotopic (exact) mass is 354 g/mol. The van der Waals surface area contributed by atoms with Crippen molar-refractivity contribution in [1.82, 2.24) is 10.7 Å². The molecule has 0 unspecified atom stereocenters. The van der Waals surface area contributed by atoms with Crippen LogP contribution < -0.4 is 21.2 Å². The Kier molecular flexibility index (Phi) is 8.28. The number of unbranched alkanes of at least 4 members (excludes halogenated alkanes) is 1. The first-order chi connectivity index (χ1) is 11.4. The van der Waals surface area contributed by atoms with Crippen LogP contribution in [0.3, 0.4) is 0 Å². The molecule has 1 aromatic rings. The highest BCUT2D eigenvalue weighted by molar-refractivity contribution is 6.35. The van der Waals surface area contributed by atoms with Gasteiger partial charge in [0.1, 0.15) is 5.75 Å². The number of rotatable bonds is 8. The SMILES string of the molecule is CCCCNC(=O)C(=O)N/N=C\c1ccc(OCC(N)=O)c(Cl)c1. The van der Waals surface area contributed by atoms with Gasteiger partial charge in [0, 0.05) is 6.54 Å². The summed E-state index contributed by atoms with van der Waals surface area (Å²) in [5.41, 5.74) is 7.66. The van der Waals surface area contributed by atoms with Gasteiger partial charge in [-0.15, -0.1) is 0 Å². The van der Waals surface area contributed by atoms with Crippen molar-refractivity contribution >= 4 is 35.5 Å². The van der Waals surface area contributed by atoms with Crippen LogP contribution in [0.1, 0.15) is 25.3 Å². The number of amides is 3. The van der Waals surface area contributed by atoms with Gasteiger partial charge in [-0.05, 0) is 30.2 Å². The molecule has 1 aromatic carbocycles. The third kappa shape index (κ3) is 7.10. The molecule has 0 radical (unpaired) electrons. The summed E-state index contributed by atoms with van der Waals surface area (Å²) in [5, 5.41) is 6.40. The Morgan fingerprint density at radius 1 is 1.33 bits per heavy atom. The summed E-state index contributed by atoms with van der Waals surface area (Å²) >= 11 is 5.99. The van der Waals surface area contributed by atoms with E-state index in [2.05, 4.69) is 15.8 Å². The molecule has 4 N–H and O–H groups in total. The second-order valence-corrected chi connectivity index (χ2v) is 5.16. The maximum Gasteiger partial charge on any atom is 0.329 e. The fourth-order valence-corrected chi connectivity index (χ4v) is 1.78. The minimum absolute atomic E-state index is 0.254. The summed E-state index contributed by atoms with van der Waals surface area (Å²) < 4.78 is 5.10. The van der Waals surface area contributed by atoms with Crippen LogP contribution >= 0.6 is 11.6 Å². The van der Waals surface area contributed by atoms with E-state index in [9.17, 15) is 14.4 Å². The number of halogens is 1. The number of nitrogens with one attached hydrogen (secondary N) is 2. The van der Waals surface area contributed by atoms with Crippen LogP contribution in [0.4, 0.5) is 0 Å². The van der Waals surface area contributed by atoms with E-state index in [1.165, 1.54) is 18.3 Å². The zero-order valence-corrected chi connectivity index (χ0v) is 13.9. The van der Waals surface area contributed by atoms with E-state index in [0.717, 1.165) is 12.8 Å². The van der Waals surface area contributed by atoms with Gasteiger partial charge < -0.3 is 15.8 Å². The average molecular weight is 355 g/mol. The number of nitrogens with two attached hydrogens (primary N) is 1. The van der Waals surface area contributed by atoms with Crippen LogP contribution in [-0.2, 0) is 14.4 Å². The highest BCUT2D eigenvalue weighted by atomic mass is 35.5. The molecule has 0 saturated heterocycles. The normalized spacial score (nSPS) is 10.4. The second kappa shape index (κ2) is 10.2. The standard InChI is InChI=1S/C15H19ClN4O4/c1-2-3-6-18-14(22)15(23)20-19-8-10-4-5-12(11(16)7-10)24-9-13(17)21/h4-5,7-8H,2-3,6,9H2,1H3,(H2,17,21)(H,18,22)(H,20,23)/b19-8-. The predicted octanol–water partition coefficient (Wildman–Crippen LogP) is 0.571. The molecule has 0 saturated carbocycles. The van der Waals surface area contributed by atoms with Gasteiger partial charge in [0.15, 0.2) is 6.61 Å². The highest BCUT2D eigenvalue weighted by Crippen LogP contribution is 2.24. The van der Waals surface area contributed by atoms with E-state index in [1.54, 1.807) is 6.07 Å². The molecule has 0 heterocycles. The minimum Gasteiger partial charge on any atom is -0.482 e. The van der Waals surface area contributed by atoms with Gasteiger partial charge in [-0.25, -0.2) is 5.43 Å². The minimum atomic E-state index is -0.852. The lowest BCUT2D eigenvalue weighted by Gasteiger charge is -2.06. The molecule has 3 amide bonds. The molecule has 0 aliphatic heterocycles. The van der Waals surface area contributed by atoms with Crippen molar-refractivity contribution in [2.24, 2.45) is 10.8 Å². The number of benzene rings is 1. The number of hydrazone groups is 1. The Labute approximate surface area is 144 Å². The average Bonchev–Trinajstić information content (AvgIpc) is 2.53. The molecular formula is C15H19ClN4O4. The van der Waals surface area contributed by atoms with E-state index >= 15 is 0 Å². The third-order valence-corrected chi connectivity index (χ3v) is 3.02. The molecule has 0 aliphatic rings. The summed E-state index contributed by atoms with van der Waals surface area (Å²) in [7, 11) is 0. The van der Waals surface area contributed by atoms with E-state index < -0.39 is 17.7 Å². The number of carbonyl (C=O) groups is 3. The molecule has 8 nitrogen and oxygen atoms in total. The zero-order chi connectivity index (χ0) is 17.9. The molecule has 0 aromatic heterocycles. The Morgan fingerprint density at radius 3 is 2.71 bits per heavy atom. The molecule has 24 heavy (non-hydrogen) atoms. The van der Waals surface area contributed by atoms with Crippen LogP contribution in [0, 0.1) is 0 Å². The molecule has 9 heteroatoms. The Balaban J connectivity index is 2.52. The van der Waals surface area contributed by atoms with Gasteiger partial charge in [-0.3, -0.25) is 14.4 Å². The smallest absolute Gasteiger partial charge is 0.329 e. The van der Waals surface area contributed by atoms with Crippen LogP contribution in [0.5, 0.6) is 5.75 Å². The van der Waals surface area contributed by atoms with Gasteiger partial charge in [-0.1, -0.05) is 24.9 Å². The molecule has 130 valence electrons. The van der Waals surface area contributed by atoms with Crippen molar-refractivity contribution in [2.45, 2.75) is 19.8 Å². The summed E-state index contributed by atoms with van der Waals surface area (Å²) in [6.45, 7) is 2.14. The van der Waals surface area contributed by atoms with E-state index in [0.29, 0.717) is 17.9 Å². The Bertz CT molecular complexity index is 634. The first-order valence-electron chi connectivity index (χ1n) is 7.26. The van der Waals surface area contributed by atoms with Gasteiger partial charge in [0.25, 0.3) is 5.91 Å². The maximum atomic E-state index is 11.5. The highest BCUT2D eigenvalue weighted by Gasteiger charge is 2.11. The first-order valence-corrected chi connectivity index (χ1v) is 7.63. The first kappa shape index (κ1) is 19.4. The van der Waals surface area contributed by atoms with Gasteiger partial charge in [0.2, 0.25) is 0 Å². The van der Waals surface area contributed by atoms with Crippen molar-refractivity contribution in [1.29, 1.82) is 0 Å². The molecule has 0 atom stereocenters. The van der Waals surface area contributed by atoms with Crippen molar-refractivity contribution in [3.05, 3.63) is 28.8 Å². The van der Waals surface area contributed by atoms with E-state index in [-0.39, 0.29) is 11.6 Å². The van der Waals surface area contributed by atoms with Crippen molar-refractivity contribution < 1.29 is 19.1 Å².